The fraction of sp³-hybridized carbons (Fsp3) is 0.391. The van der Waals surface area contributed by atoms with Gasteiger partial charge in [-0.1, -0.05) is 11.6 Å². The number of halogens is 2. The first kappa shape index (κ1) is 22.4. The Balaban J connectivity index is 1.39. The zero-order valence-electron chi connectivity index (χ0n) is 17.2. The zero-order valence-corrected chi connectivity index (χ0v) is 18.0. The number of fused-ring (bicyclic) bond motifs is 2. The van der Waals surface area contributed by atoms with Crippen LogP contribution in [-0.2, 0) is 20.7 Å². The van der Waals surface area contributed by atoms with E-state index < -0.39 is 5.97 Å². The van der Waals surface area contributed by atoms with Gasteiger partial charge >= 0.3 is 5.97 Å². The van der Waals surface area contributed by atoms with Crippen LogP contribution in [-0.4, -0.2) is 59.9 Å². The van der Waals surface area contributed by atoms with Crippen molar-refractivity contribution in [3.05, 3.63) is 58.9 Å². The first-order chi connectivity index (χ1) is 15.4. The number of aliphatic carboxylic acids is 1. The van der Waals surface area contributed by atoms with Crippen LogP contribution < -0.4 is 9.47 Å². The van der Waals surface area contributed by atoms with Crippen molar-refractivity contribution < 1.29 is 33.3 Å². The summed E-state index contributed by atoms with van der Waals surface area (Å²) < 4.78 is 30.5. The number of hydrogen-bond acceptors (Lipinski definition) is 5. The molecular formula is C23H23ClFNO6. The summed E-state index contributed by atoms with van der Waals surface area (Å²) in [5, 5.41) is 9.50. The Morgan fingerprint density at radius 3 is 2.47 bits per heavy atom. The Hall–Kier alpha value is -2.84. The molecule has 2 aromatic rings. The number of benzene rings is 2. The quantitative estimate of drug-likeness (QED) is 0.678. The van der Waals surface area contributed by atoms with Crippen molar-refractivity contribution >= 4 is 23.5 Å². The van der Waals surface area contributed by atoms with E-state index >= 15 is 0 Å². The van der Waals surface area contributed by atoms with Crippen molar-refractivity contribution in [2.75, 3.05) is 19.8 Å². The molecule has 2 fully saturated rings. The van der Waals surface area contributed by atoms with Gasteiger partial charge in [-0.05, 0) is 42.5 Å². The third-order valence-electron chi connectivity index (χ3n) is 5.60. The zero-order chi connectivity index (χ0) is 22.7. The Labute approximate surface area is 189 Å². The summed E-state index contributed by atoms with van der Waals surface area (Å²) in [4.78, 5) is 25.9. The number of carbonyl (C=O) groups excluding carboxylic acids is 1. The molecule has 2 heterocycles. The lowest BCUT2D eigenvalue weighted by Gasteiger charge is -2.48. The number of piperidine rings is 1. The lowest BCUT2D eigenvalue weighted by molar-refractivity contribution is -0.157. The maximum atomic E-state index is 13.1. The molecule has 2 atom stereocenters. The van der Waals surface area contributed by atoms with Gasteiger partial charge in [-0.2, -0.15) is 0 Å². The number of carboxylic acids is 1. The molecule has 2 aliphatic rings. The van der Waals surface area contributed by atoms with E-state index in [1.165, 1.54) is 18.2 Å². The van der Waals surface area contributed by atoms with Gasteiger partial charge in [0.05, 0.1) is 31.7 Å². The second kappa shape index (κ2) is 9.75. The van der Waals surface area contributed by atoms with Crippen LogP contribution >= 0.6 is 11.6 Å². The normalized spacial score (nSPS) is 22.3. The summed E-state index contributed by atoms with van der Waals surface area (Å²) >= 11 is 5.96. The lowest BCUT2D eigenvalue weighted by Crippen LogP contribution is -2.61. The van der Waals surface area contributed by atoms with Crippen molar-refractivity contribution in [1.29, 1.82) is 0 Å². The van der Waals surface area contributed by atoms with Crippen molar-refractivity contribution in [2.45, 2.75) is 37.5 Å². The van der Waals surface area contributed by atoms with Crippen LogP contribution in [0, 0.1) is 5.82 Å². The van der Waals surface area contributed by atoms with Crippen LogP contribution in [0.25, 0.3) is 0 Å². The van der Waals surface area contributed by atoms with Gasteiger partial charge in [0, 0.05) is 23.4 Å². The molecule has 0 aliphatic carbocycles. The number of morpholine rings is 1. The molecule has 1 amide bonds. The molecule has 7 nitrogen and oxygen atoms in total. The van der Waals surface area contributed by atoms with E-state index in [-0.39, 0.29) is 42.9 Å². The number of nitrogens with zero attached hydrogens (tertiary/aromatic N) is 1. The topological polar surface area (TPSA) is 85.3 Å². The molecule has 2 saturated heterocycles. The van der Waals surface area contributed by atoms with Crippen LogP contribution in [0.3, 0.4) is 0 Å². The van der Waals surface area contributed by atoms with Crippen molar-refractivity contribution in [3.63, 3.8) is 0 Å². The van der Waals surface area contributed by atoms with Gasteiger partial charge in [-0.25, -0.2) is 4.39 Å². The van der Waals surface area contributed by atoms with Gasteiger partial charge in [0.2, 0.25) is 0 Å². The third kappa shape index (κ3) is 5.31. The van der Waals surface area contributed by atoms with Gasteiger partial charge in [-0.3, -0.25) is 9.59 Å². The molecule has 170 valence electrons. The number of hydrogen-bond donors (Lipinski definition) is 1. The fourth-order valence-electron chi connectivity index (χ4n) is 4.28. The number of ether oxygens (including phenoxy) is 3. The third-order valence-corrected chi connectivity index (χ3v) is 5.83. The van der Waals surface area contributed by atoms with Gasteiger partial charge in [0.1, 0.15) is 23.4 Å². The number of carboxylic acid groups (broad SMARTS) is 1. The van der Waals surface area contributed by atoms with E-state index in [9.17, 15) is 14.0 Å². The Morgan fingerprint density at radius 2 is 1.81 bits per heavy atom. The lowest BCUT2D eigenvalue weighted by atomic mass is 9.91. The summed E-state index contributed by atoms with van der Waals surface area (Å²) in [5.74, 6) is -0.623. The average molecular weight is 464 g/mol. The molecule has 0 radical (unpaired) electrons. The summed E-state index contributed by atoms with van der Waals surface area (Å²) in [5.41, 5.74) is 0.410. The molecule has 0 aromatic heterocycles. The Kier molecular flexibility index (Phi) is 6.81. The highest BCUT2D eigenvalue weighted by molar-refractivity contribution is 6.30. The second-order valence-electron chi connectivity index (χ2n) is 7.92. The van der Waals surface area contributed by atoms with E-state index in [0.717, 1.165) is 0 Å². The minimum absolute atomic E-state index is 0.109. The molecule has 9 heteroatoms. The van der Waals surface area contributed by atoms with Crippen LogP contribution in [0.1, 0.15) is 18.4 Å². The average Bonchev–Trinajstić information content (AvgIpc) is 2.73. The van der Waals surface area contributed by atoms with Crippen LogP contribution in [0.15, 0.2) is 42.5 Å². The minimum atomic E-state index is -1.02. The van der Waals surface area contributed by atoms with Crippen molar-refractivity contribution in [1.82, 2.24) is 4.90 Å². The van der Waals surface area contributed by atoms with Crippen LogP contribution in [0.5, 0.6) is 11.5 Å². The molecule has 2 bridgehead atoms. The smallest absolute Gasteiger partial charge is 0.307 e. The fourth-order valence-corrected chi connectivity index (χ4v) is 4.47. The maximum Gasteiger partial charge on any atom is 0.307 e. The minimum Gasteiger partial charge on any atom is -0.490 e. The standard InChI is InChI=1S/C23H23ClFNO6/c24-15-1-6-21(14(7-15)8-23(28)29)31-13-22(27)26-17-9-20(10-18(26)12-30-11-17)32-19-4-2-16(25)3-5-19/h1-7,17-18,20H,8-13H2,(H,28,29)/t17-,18-/m1/s1. The second-order valence-corrected chi connectivity index (χ2v) is 8.36. The predicted molar refractivity (Wildman–Crippen MR) is 114 cm³/mol. The van der Waals surface area contributed by atoms with E-state index in [1.54, 1.807) is 29.2 Å². The van der Waals surface area contributed by atoms with Gasteiger partial charge in [0.25, 0.3) is 5.91 Å². The van der Waals surface area contributed by atoms with Gasteiger partial charge in [-0.15, -0.1) is 0 Å². The van der Waals surface area contributed by atoms with Crippen LogP contribution in [0.2, 0.25) is 5.02 Å². The monoisotopic (exact) mass is 463 g/mol. The molecule has 0 unspecified atom stereocenters. The van der Waals surface area contributed by atoms with Crippen molar-refractivity contribution in [2.24, 2.45) is 0 Å². The van der Waals surface area contributed by atoms with E-state index in [4.69, 9.17) is 30.9 Å². The summed E-state index contributed by atoms with van der Waals surface area (Å²) in [6.07, 6.45) is 0.813. The molecule has 4 rings (SSSR count). The summed E-state index contributed by atoms with van der Waals surface area (Å²) in [6, 6.07) is 10.3. The van der Waals surface area contributed by atoms with E-state index in [2.05, 4.69) is 0 Å². The highest BCUT2D eigenvalue weighted by Crippen LogP contribution is 2.31. The SMILES string of the molecule is O=C(O)Cc1cc(Cl)ccc1OCC(=O)N1[C@H]2COC[C@H]1CC(Oc1ccc(F)cc1)C2. The first-order valence-corrected chi connectivity index (χ1v) is 10.7. The largest absolute Gasteiger partial charge is 0.490 e. The summed E-state index contributed by atoms with van der Waals surface area (Å²) in [7, 11) is 0. The van der Waals surface area contributed by atoms with Crippen LogP contribution in [0.4, 0.5) is 4.39 Å². The Bertz CT molecular complexity index is 971. The molecule has 32 heavy (non-hydrogen) atoms. The number of rotatable bonds is 7. The molecule has 2 aliphatic heterocycles. The van der Waals surface area contributed by atoms with Gasteiger partial charge < -0.3 is 24.2 Å². The Morgan fingerprint density at radius 1 is 1.12 bits per heavy atom. The highest BCUT2D eigenvalue weighted by atomic mass is 35.5. The maximum absolute atomic E-state index is 13.1. The van der Waals surface area contributed by atoms with E-state index in [0.29, 0.717) is 48.1 Å². The summed E-state index contributed by atoms with van der Waals surface area (Å²) in [6.45, 7) is 0.582. The molecule has 0 spiro atoms. The first-order valence-electron chi connectivity index (χ1n) is 10.3. The predicted octanol–water partition coefficient (Wildman–Crippen LogP) is 3.32. The number of amides is 1. The number of carbonyl (C=O) groups is 2. The molecule has 1 N–H and O–H groups in total. The highest BCUT2D eigenvalue weighted by Gasteiger charge is 2.42. The molecule has 0 saturated carbocycles. The molecule has 2 aromatic carbocycles. The van der Waals surface area contributed by atoms with Gasteiger partial charge in [0.15, 0.2) is 6.61 Å². The van der Waals surface area contributed by atoms with E-state index in [1.807, 2.05) is 0 Å². The molecular weight excluding hydrogens is 441 g/mol. The van der Waals surface area contributed by atoms with Crippen molar-refractivity contribution in [3.8, 4) is 11.5 Å².